The second-order valence-electron chi connectivity index (χ2n) is 4.16. The zero-order valence-electron chi connectivity index (χ0n) is 9.38. The Kier molecular flexibility index (Phi) is 5.20. The molecule has 0 heterocycles. The van der Waals surface area contributed by atoms with E-state index in [0.29, 0.717) is 13.0 Å². The zero-order valence-corrected chi connectivity index (χ0v) is 9.38. The molecule has 1 saturated carbocycles. The number of terminal acetylenes is 1. The molecule has 3 nitrogen and oxygen atoms in total. The van der Waals surface area contributed by atoms with E-state index in [9.17, 15) is 4.79 Å². The first kappa shape index (κ1) is 12.1. The van der Waals surface area contributed by atoms with Crippen LogP contribution in [0.15, 0.2) is 0 Å². The molecule has 2 N–H and O–H groups in total. The Morgan fingerprint density at radius 1 is 1.60 bits per heavy atom. The van der Waals surface area contributed by atoms with Crippen molar-refractivity contribution in [3.8, 4) is 12.3 Å². The fraction of sp³-hybridized carbons (Fsp3) is 0.750. The highest BCUT2D eigenvalue weighted by Gasteiger charge is 2.20. The van der Waals surface area contributed by atoms with E-state index in [4.69, 9.17) is 6.42 Å². The topological polar surface area (TPSA) is 41.1 Å². The molecule has 0 spiro atoms. The average molecular weight is 208 g/mol. The molecule has 0 aromatic heterocycles. The van der Waals surface area contributed by atoms with Gasteiger partial charge in [0.2, 0.25) is 5.91 Å². The molecule has 1 unspecified atom stereocenters. The number of nitrogens with one attached hydrogen (secondary N) is 2. The lowest BCUT2D eigenvalue weighted by Gasteiger charge is -2.14. The molecule has 0 saturated heterocycles. The van der Waals surface area contributed by atoms with E-state index in [-0.39, 0.29) is 11.9 Å². The Hall–Kier alpha value is -1.01. The van der Waals surface area contributed by atoms with Gasteiger partial charge in [0.15, 0.2) is 0 Å². The highest BCUT2D eigenvalue weighted by atomic mass is 16.1. The van der Waals surface area contributed by atoms with Crippen molar-refractivity contribution in [3.05, 3.63) is 0 Å². The quantitative estimate of drug-likeness (QED) is 0.610. The number of carbonyl (C=O) groups excluding carboxylic acids is 1. The van der Waals surface area contributed by atoms with Crippen LogP contribution in [0, 0.1) is 18.3 Å². The van der Waals surface area contributed by atoms with E-state index in [2.05, 4.69) is 16.6 Å². The monoisotopic (exact) mass is 208 g/mol. The first-order chi connectivity index (χ1) is 7.26. The zero-order chi connectivity index (χ0) is 11.1. The van der Waals surface area contributed by atoms with Gasteiger partial charge in [-0.3, -0.25) is 4.79 Å². The van der Waals surface area contributed by atoms with Gasteiger partial charge in [0.1, 0.15) is 0 Å². The molecule has 15 heavy (non-hydrogen) atoms. The molecule has 1 aliphatic carbocycles. The summed E-state index contributed by atoms with van der Waals surface area (Å²) in [6, 6.07) is 0.130. The summed E-state index contributed by atoms with van der Waals surface area (Å²) in [4.78, 5) is 11.4. The van der Waals surface area contributed by atoms with Crippen LogP contribution in [0.1, 0.15) is 32.6 Å². The minimum atomic E-state index is 0.0535. The van der Waals surface area contributed by atoms with Crippen molar-refractivity contribution in [2.45, 2.75) is 38.6 Å². The molecule has 0 aromatic carbocycles. The molecule has 0 aliphatic heterocycles. The van der Waals surface area contributed by atoms with Gasteiger partial charge in [-0.1, -0.05) is 6.92 Å². The number of rotatable bonds is 7. The Morgan fingerprint density at radius 2 is 2.33 bits per heavy atom. The summed E-state index contributed by atoms with van der Waals surface area (Å²) in [6.07, 6.45) is 9.33. The van der Waals surface area contributed by atoms with Crippen molar-refractivity contribution >= 4 is 5.91 Å². The molecule has 1 amide bonds. The van der Waals surface area contributed by atoms with E-state index in [1.807, 2.05) is 6.92 Å². The molecular formula is C12H20N2O. The molecule has 3 heteroatoms. The summed E-state index contributed by atoms with van der Waals surface area (Å²) in [5, 5.41) is 6.07. The third kappa shape index (κ3) is 5.44. The minimum absolute atomic E-state index is 0.0535. The second-order valence-corrected chi connectivity index (χ2v) is 4.16. The molecule has 1 atom stereocenters. The van der Waals surface area contributed by atoms with E-state index < -0.39 is 0 Å². The van der Waals surface area contributed by atoms with Gasteiger partial charge >= 0.3 is 0 Å². The average Bonchev–Trinajstić information content (AvgIpc) is 3.01. The highest BCUT2D eigenvalue weighted by molar-refractivity contribution is 5.78. The van der Waals surface area contributed by atoms with Crippen LogP contribution in [0.4, 0.5) is 0 Å². The van der Waals surface area contributed by atoms with Crippen molar-refractivity contribution in [2.75, 3.05) is 13.1 Å². The fourth-order valence-corrected chi connectivity index (χ4v) is 1.43. The van der Waals surface area contributed by atoms with Gasteiger partial charge < -0.3 is 10.6 Å². The summed E-state index contributed by atoms with van der Waals surface area (Å²) in [6.45, 7) is 3.41. The smallest absolute Gasteiger partial charge is 0.234 e. The largest absolute Gasteiger partial charge is 0.351 e. The van der Waals surface area contributed by atoms with E-state index in [0.717, 1.165) is 18.9 Å². The van der Waals surface area contributed by atoms with Gasteiger partial charge in [0.25, 0.3) is 0 Å². The Morgan fingerprint density at radius 3 is 2.87 bits per heavy atom. The van der Waals surface area contributed by atoms with Gasteiger partial charge in [0.05, 0.1) is 6.54 Å². The first-order valence-corrected chi connectivity index (χ1v) is 5.69. The third-order valence-electron chi connectivity index (χ3n) is 2.64. The minimum Gasteiger partial charge on any atom is -0.351 e. The maximum Gasteiger partial charge on any atom is 0.234 e. The first-order valence-electron chi connectivity index (χ1n) is 5.69. The Bertz CT molecular complexity index is 240. The Balaban J connectivity index is 2.07. The van der Waals surface area contributed by atoms with Gasteiger partial charge in [-0.05, 0) is 31.7 Å². The Labute approximate surface area is 92.0 Å². The molecule has 84 valence electrons. The second kappa shape index (κ2) is 6.47. The van der Waals surface area contributed by atoms with Crippen molar-refractivity contribution in [1.82, 2.24) is 10.6 Å². The summed E-state index contributed by atoms with van der Waals surface area (Å²) >= 11 is 0. The molecule has 1 fully saturated rings. The summed E-state index contributed by atoms with van der Waals surface area (Å²) in [5.74, 6) is 3.44. The predicted octanol–water partition coefficient (Wildman–Crippen LogP) is 0.904. The maximum atomic E-state index is 11.4. The van der Waals surface area contributed by atoms with Crippen LogP contribution in [0.3, 0.4) is 0 Å². The lowest BCUT2D eigenvalue weighted by Crippen LogP contribution is -2.40. The van der Waals surface area contributed by atoms with Crippen LogP contribution in [-0.4, -0.2) is 25.0 Å². The summed E-state index contributed by atoms with van der Waals surface area (Å²) in [5.41, 5.74) is 0. The lowest BCUT2D eigenvalue weighted by atomic mass is 10.1. The summed E-state index contributed by atoms with van der Waals surface area (Å²) in [7, 11) is 0. The van der Waals surface area contributed by atoms with Crippen molar-refractivity contribution in [1.29, 1.82) is 0 Å². The maximum absolute atomic E-state index is 11.4. The lowest BCUT2D eigenvalue weighted by molar-refractivity contribution is -0.120. The van der Waals surface area contributed by atoms with Crippen LogP contribution >= 0.6 is 0 Å². The van der Waals surface area contributed by atoms with Crippen molar-refractivity contribution in [3.63, 3.8) is 0 Å². The van der Waals surface area contributed by atoms with E-state index in [1.54, 1.807) is 0 Å². The number of carbonyl (C=O) groups is 1. The van der Waals surface area contributed by atoms with Crippen LogP contribution in [0.25, 0.3) is 0 Å². The van der Waals surface area contributed by atoms with Gasteiger partial charge in [0, 0.05) is 12.5 Å². The molecule has 0 radical (unpaired) electrons. The van der Waals surface area contributed by atoms with Crippen LogP contribution in [-0.2, 0) is 4.79 Å². The number of hydrogen-bond acceptors (Lipinski definition) is 2. The van der Waals surface area contributed by atoms with Crippen LogP contribution in [0.2, 0.25) is 0 Å². The summed E-state index contributed by atoms with van der Waals surface area (Å²) < 4.78 is 0. The van der Waals surface area contributed by atoms with Crippen LogP contribution in [0.5, 0.6) is 0 Å². The molecular weight excluding hydrogens is 188 g/mol. The van der Waals surface area contributed by atoms with Crippen LogP contribution < -0.4 is 10.6 Å². The molecule has 1 rings (SSSR count). The van der Waals surface area contributed by atoms with E-state index >= 15 is 0 Å². The van der Waals surface area contributed by atoms with E-state index in [1.165, 1.54) is 12.8 Å². The standard InChI is InChI=1S/C12H20N2O/c1-3-5-11(4-2)14-12(15)9-13-8-10-6-7-10/h1,10-11,13H,4-9H2,2H3,(H,14,15). The number of hydrogen-bond donors (Lipinski definition) is 2. The third-order valence-corrected chi connectivity index (χ3v) is 2.64. The SMILES string of the molecule is C#CCC(CC)NC(=O)CNCC1CC1. The van der Waals surface area contributed by atoms with Crippen molar-refractivity contribution in [2.24, 2.45) is 5.92 Å². The normalized spacial score (nSPS) is 16.8. The molecule has 1 aliphatic rings. The highest BCUT2D eigenvalue weighted by Crippen LogP contribution is 2.27. The molecule has 0 bridgehead atoms. The fourth-order valence-electron chi connectivity index (χ4n) is 1.43. The van der Waals surface area contributed by atoms with Gasteiger partial charge in [-0.15, -0.1) is 12.3 Å². The van der Waals surface area contributed by atoms with Crippen molar-refractivity contribution < 1.29 is 4.79 Å². The van der Waals surface area contributed by atoms with Gasteiger partial charge in [-0.25, -0.2) is 0 Å². The number of amides is 1. The predicted molar refractivity (Wildman–Crippen MR) is 61.3 cm³/mol. The van der Waals surface area contributed by atoms with Gasteiger partial charge in [-0.2, -0.15) is 0 Å². The molecule has 0 aromatic rings.